The SMILES string of the molecule is CCOC(=O)/C(=C/c1ccc(O)c(OC)c1)CCBr. The van der Waals surface area contributed by atoms with Crippen LogP contribution in [0.3, 0.4) is 0 Å². The first kappa shape index (κ1) is 15.6. The van der Waals surface area contributed by atoms with Gasteiger partial charge in [0.2, 0.25) is 0 Å². The molecule has 0 aliphatic carbocycles. The second kappa shape index (κ2) is 7.84. The number of carbonyl (C=O) groups is 1. The number of methoxy groups -OCH3 is 1. The average Bonchev–Trinajstić information content (AvgIpc) is 2.40. The van der Waals surface area contributed by atoms with Gasteiger partial charge in [0.1, 0.15) is 0 Å². The maximum Gasteiger partial charge on any atom is 0.334 e. The third kappa shape index (κ3) is 4.59. The summed E-state index contributed by atoms with van der Waals surface area (Å²) in [5.74, 6) is 0.114. The summed E-state index contributed by atoms with van der Waals surface area (Å²) in [6.45, 7) is 2.12. The third-order valence-electron chi connectivity index (χ3n) is 2.45. The lowest BCUT2D eigenvalue weighted by molar-refractivity contribution is -0.138. The Morgan fingerprint density at radius 3 is 2.79 bits per heavy atom. The highest BCUT2D eigenvalue weighted by molar-refractivity contribution is 9.09. The fourth-order valence-electron chi connectivity index (χ4n) is 1.54. The van der Waals surface area contributed by atoms with Crippen molar-refractivity contribution in [1.82, 2.24) is 0 Å². The van der Waals surface area contributed by atoms with Gasteiger partial charge in [-0.2, -0.15) is 0 Å². The van der Waals surface area contributed by atoms with Crippen molar-refractivity contribution in [2.24, 2.45) is 0 Å². The number of alkyl halides is 1. The van der Waals surface area contributed by atoms with Gasteiger partial charge in [0.05, 0.1) is 13.7 Å². The van der Waals surface area contributed by atoms with Crippen molar-refractivity contribution in [3.8, 4) is 11.5 Å². The van der Waals surface area contributed by atoms with E-state index < -0.39 is 0 Å². The summed E-state index contributed by atoms with van der Waals surface area (Å²) in [4.78, 5) is 11.8. The standard InChI is InChI=1S/C14H17BrO4/c1-3-19-14(17)11(6-7-15)8-10-4-5-12(16)13(9-10)18-2/h4-5,8-9,16H,3,6-7H2,1-2H3/b11-8+. The number of hydrogen-bond donors (Lipinski definition) is 1. The molecular formula is C14H17BrO4. The Bertz CT molecular complexity index is 469. The summed E-state index contributed by atoms with van der Waals surface area (Å²) >= 11 is 3.31. The number of esters is 1. The van der Waals surface area contributed by atoms with Gasteiger partial charge in [-0.25, -0.2) is 4.79 Å². The van der Waals surface area contributed by atoms with Crippen LogP contribution in [-0.2, 0) is 9.53 Å². The molecule has 0 aromatic heterocycles. The van der Waals surface area contributed by atoms with Crippen molar-refractivity contribution >= 4 is 28.0 Å². The van der Waals surface area contributed by atoms with E-state index in [-0.39, 0.29) is 11.7 Å². The van der Waals surface area contributed by atoms with Gasteiger partial charge < -0.3 is 14.6 Å². The van der Waals surface area contributed by atoms with Crippen molar-refractivity contribution in [2.45, 2.75) is 13.3 Å². The second-order valence-corrected chi connectivity index (χ2v) is 4.55. The number of hydrogen-bond acceptors (Lipinski definition) is 4. The first-order valence-electron chi connectivity index (χ1n) is 5.93. The minimum absolute atomic E-state index is 0.0674. The Balaban J connectivity index is 3.04. The number of carbonyl (C=O) groups excluding carboxylic acids is 1. The lowest BCUT2D eigenvalue weighted by Crippen LogP contribution is -2.08. The topological polar surface area (TPSA) is 55.8 Å². The fraction of sp³-hybridized carbons (Fsp3) is 0.357. The Morgan fingerprint density at radius 1 is 1.47 bits per heavy atom. The summed E-state index contributed by atoms with van der Waals surface area (Å²) in [5, 5.41) is 10.2. The van der Waals surface area contributed by atoms with E-state index in [1.165, 1.54) is 13.2 Å². The molecule has 0 aliphatic heterocycles. The minimum Gasteiger partial charge on any atom is -0.504 e. The summed E-state index contributed by atoms with van der Waals surface area (Å²) in [6, 6.07) is 4.91. The van der Waals surface area contributed by atoms with Crippen LogP contribution in [0.25, 0.3) is 6.08 Å². The Kier molecular flexibility index (Phi) is 6.42. The van der Waals surface area contributed by atoms with Crippen molar-refractivity contribution in [3.63, 3.8) is 0 Å². The highest BCUT2D eigenvalue weighted by Crippen LogP contribution is 2.27. The molecule has 5 heteroatoms. The Hall–Kier alpha value is -1.49. The van der Waals surface area contributed by atoms with E-state index in [1.54, 1.807) is 25.1 Å². The van der Waals surface area contributed by atoms with Gasteiger partial charge in [-0.1, -0.05) is 22.0 Å². The number of rotatable bonds is 6. The quantitative estimate of drug-likeness (QED) is 0.495. The molecule has 0 unspecified atom stereocenters. The number of ether oxygens (including phenoxy) is 2. The van der Waals surface area contributed by atoms with E-state index in [2.05, 4.69) is 15.9 Å². The first-order valence-corrected chi connectivity index (χ1v) is 7.05. The number of benzene rings is 1. The predicted molar refractivity (Wildman–Crippen MR) is 77.7 cm³/mol. The highest BCUT2D eigenvalue weighted by atomic mass is 79.9. The molecule has 19 heavy (non-hydrogen) atoms. The summed E-state index contributed by atoms with van der Waals surface area (Å²) < 4.78 is 10.0. The molecule has 1 aromatic rings. The largest absolute Gasteiger partial charge is 0.504 e. The highest BCUT2D eigenvalue weighted by Gasteiger charge is 2.10. The molecule has 0 spiro atoms. The molecule has 0 atom stereocenters. The molecule has 0 saturated heterocycles. The zero-order chi connectivity index (χ0) is 14.3. The number of halogens is 1. The van der Waals surface area contributed by atoms with Gasteiger partial charge >= 0.3 is 5.97 Å². The third-order valence-corrected chi connectivity index (χ3v) is 2.84. The molecule has 4 nitrogen and oxygen atoms in total. The van der Waals surface area contributed by atoms with Crippen molar-refractivity contribution < 1.29 is 19.4 Å². The van der Waals surface area contributed by atoms with Crippen LogP contribution >= 0.6 is 15.9 Å². The minimum atomic E-state index is -0.325. The van der Waals surface area contributed by atoms with Crippen molar-refractivity contribution in [2.75, 3.05) is 19.0 Å². The Morgan fingerprint density at radius 2 is 2.21 bits per heavy atom. The van der Waals surface area contributed by atoms with Crippen LogP contribution < -0.4 is 4.74 Å². The predicted octanol–water partition coefficient (Wildman–Crippen LogP) is 3.13. The van der Waals surface area contributed by atoms with E-state index in [1.807, 2.05) is 0 Å². The van der Waals surface area contributed by atoms with E-state index >= 15 is 0 Å². The smallest absolute Gasteiger partial charge is 0.334 e. The van der Waals surface area contributed by atoms with Crippen LogP contribution in [0.15, 0.2) is 23.8 Å². The Labute approximate surface area is 121 Å². The number of phenols is 1. The molecule has 1 rings (SSSR count). The maximum absolute atomic E-state index is 11.8. The molecule has 0 fully saturated rings. The number of phenolic OH excluding ortho intramolecular Hbond substituents is 1. The van der Waals surface area contributed by atoms with Gasteiger partial charge in [-0.05, 0) is 37.1 Å². The fourth-order valence-corrected chi connectivity index (χ4v) is 1.97. The van der Waals surface area contributed by atoms with Crippen LogP contribution in [0.5, 0.6) is 11.5 Å². The van der Waals surface area contributed by atoms with Crippen LogP contribution in [0.1, 0.15) is 18.9 Å². The van der Waals surface area contributed by atoms with E-state index in [0.29, 0.717) is 29.7 Å². The molecule has 0 bridgehead atoms. The zero-order valence-electron chi connectivity index (χ0n) is 11.0. The molecule has 1 aromatic carbocycles. The van der Waals surface area contributed by atoms with Crippen molar-refractivity contribution in [3.05, 3.63) is 29.3 Å². The molecule has 0 amide bonds. The van der Waals surface area contributed by atoms with Gasteiger partial charge in [-0.15, -0.1) is 0 Å². The lowest BCUT2D eigenvalue weighted by atomic mass is 10.1. The van der Waals surface area contributed by atoms with Gasteiger partial charge in [0.25, 0.3) is 0 Å². The first-order chi connectivity index (χ1) is 9.12. The average molecular weight is 329 g/mol. The normalized spacial score (nSPS) is 11.2. The zero-order valence-corrected chi connectivity index (χ0v) is 12.6. The summed E-state index contributed by atoms with van der Waals surface area (Å²) in [5.41, 5.74) is 1.35. The summed E-state index contributed by atoms with van der Waals surface area (Å²) in [7, 11) is 1.48. The van der Waals surface area contributed by atoms with Crippen LogP contribution in [0.4, 0.5) is 0 Å². The van der Waals surface area contributed by atoms with Gasteiger partial charge in [-0.3, -0.25) is 0 Å². The molecule has 0 saturated carbocycles. The monoisotopic (exact) mass is 328 g/mol. The molecule has 0 aliphatic rings. The van der Waals surface area contributed by atoms with E-state index in [0.717, 1.165) is 5.56 Å². The van der Waals surface area contributed by atoms with E-state index in [9.17, 15) is 9.90 Å². The molecule has 0 heterocycles. The summed E-state index contributed by atoms with van der Waals surface area (Å²) in [6.07, 6.45) is 2.31. The maximum atomic E-state index is 11.8. The molecule has 0 radical (unpaired) electrons. The van der Waals surface area contributed by atoms with Crippen LogP contribution in [0.2, 0.25) is 0 Å². The van der Waals surface area contributed by atoms with Gasteiger partial charge in [0.15, 0.2) is 11.5 Å². The number of aromatic hydroxyl groups is 1. The van der Waals surface area contributed by atoms with Gasteiger partial charge in [0, 0.05) is 10.9 Å². The molecule has 104 valence electrons. The molecule has 1 N–H and O–H groups in total. The van der Waals surface area contributed by atoms with Crippen LogP contribution in [0, 0.1) is 0 Å². The van der Waals surface area contributed by atoms with Crippen LogP contribution in [-0.4, -0.2) is 30.1 Å². The van der Waals surface area contributed by atoms with E-state index in [4.69, 9.17) is 9.47 Å². The lowest BCUT2D eigenvalue weighted by Gasteiger charge is -2.07. The second-order valence-electron chi connectivity index (χ2n) is 3.76. The van der Waals surface area contributed by atoms with Crippen molar-refractivity contribution in [1.29, 1.82) is 0 Å². The molecular weight excluding hydrogens is 312 g/mol.